The summed E-state index contributed by atoms with van der Waals surface area (Å²) in [5, 5.41) is 0.575. The van der Waals surface area contributed by atoms with Crippen LogP contribution in [0.15, 0.2) is 41.3 Å². The third kappa shape index (κ3) is 4.03. The van der Waals surface area contributed by atoms with Crippen LogP contribution >= 0.6 is 11.6 Å². The van der Waals surface area contributed by atoms with Gasteiger partial charge in [-0.05, 0) is 56.2 Å². The lowest BCUT2D eigenvalue weighted by molar-refractivity contribution is 0.0698. The molecule has 2 aromatic rings. The van der Waals surface area contributed by atoms with E-state index in [2.05, 4.69) is 0 Å². The van der Waals surface area contributed by atoms with Crippen LogP contribution in [-0.4, -0.2) is 49.7 Å². The van der Waals surface area contributed by atoms with Crippen LogP contribution in [-0.2, 0) is 10.0 Å². The van der Waals surface area contributed by atoms with Gasteiger partial charge < -0.3 is 4.90 Å². The molecule has 3 rings (SSSR count). The van der Waals surface area contributed by atoms with Gasteiger partial charge in [0.15, 0.2) is 0 Å². The van der Waals surface area contributed by atoms with E-state index in [1.165, 1.54) is 4.31 Å². The molecule has 27 heavy (non-hydrogen) atoms. The standard InChI is InChI=1S/C20H23ClN2O3S/c1-14-12-15(2)19(16(3)13-14)27(25,26)23-10-8-22(9-11-23)20(24)17-4-6-18(21)7-5-17/h4-7,12-13H,8-11H2,1-3H3. The zero-order valence-corrected chi connectivity index (χ0v) is 17.3. The van der Waals surface area contributed by atoms with Gasteiger partial charge in [0.25, 0.3) is 5.91 Å². The molecule has 1 aliphatic heterocycles. The number of sulfonamides is 1. The molecule has 1 fully saturated rings. The summed E-state index contributed by atoms with van der Waals surface area (Å²) in [6.07, 6.45) is 0. The molecule has 2 aromatic carbocycles. The number of aryl methyl sites for hydroxylation is 3. The minimum atomic E-state index is -3.58. The van der Waals surface area contributed by atoms with Crippen molar-refractivity contribution >= 4 is 27.5 Å². The van der Waals surface area contributed by atoms with Crippen molar-refractivity contribution in [3.8, 4) is 0 Å². The second-order valence-electron chi connectivity index (χ2n) is 6.93. The average Bonchev–Trinajstić information content (AvgIpc) is 2.61. The van der Waals surface area contributed by atoms with Gasteiger partial charge in [-0.25, -0.2) is 8.42 Å². The molecule has 0 N–H and O–H groups in total. The Hall–Kier alpha value is -1.89. The highest BCUT2D eigenvalue weighted by molar-refractivity contribution is 7.89. The van der Waals surface area contributed by atoms with Crippen LogP contribution in [0.3, 0.4) is 0 Å². The normalized spacial score (nSPS) is 15.8. The fraction of sp³-hybridized carbons (Fsp3) is 0.350. The van der Waals surface area contributed by atoms with Gasteiger partial charge >= 0.3 is 0 Å². The van der Waals surface area contributed by atoms with E-state index in [4.69, 9.17) is 11.6 Å². The number of piperazine rings is 1. The van der Waals surface area contributed by atoms with E-state index in [1.807, 2.05) is 32.9 Å². The van der Waals surface area contributed by atoms with Crippen LogP contribution in [0.2, 0.25) is 5.02 Å². The molecule has 0 saturated carbocycles. The van der Waals surface area contributed by atoms with Crippen LogP contribution in [0.25, 0.3) is 0 Å². The lowest BCUT2D eigenvalue weighted by atomic mass is 10.1. The summed E-state index contributed by atoms with van der Waals surface area (Å²) < 4.78 is 27.7. The van der Waals surface area contributed by atoms with E-state index in [1.54, 1.807) is 29.2 Å². The number of halogens is 1. The number of rotatable bonds is 3. The highest BCUT2D eigenvalue weighted by Crippen LogP contribution is 2.26. The molecule has 0 radical (unpaired) electrons. The number of hydrogen-bond acceptors (Lipinski definition) is 3. The molecule has 1 aliphatic rings. The molecule has 0 unspecified atom stereocenters. The smallest absolute Gasteiger partial charge is 0.253 e. The molecule has 1 heterocycles. The van der Waals surface area contributed by atoms with Gasteiger partial charge in [0.05, 0.1) is 4.90 Å². The number of amides is 1. The second kappa shape index (κ2) is 7.62. The maximum Gasteiger partial charge on any atom is 0.253 e. The van der Waals surface area contributed by atoms with Crippen LogP contribution < -0.4 is 0 Å². The lowest BCUT2D eigenvalue weighted by Gasteiger charge is -2.34. The minimum Gasteiger partial charge on any atom is -0.336 e. The first-order valence-electron chi connectivity index (χ1n) is 8.83. The van der Waals surface area contributed by atoms with Crippen molar-refractivity contribution in [3.05, 3.63) is 63.7 Å². The molecule has 0 aromatic heterocycles. The van der Waals surface area contributed by atoms with Gasteiger partial charge in [0.2, 0.25) is 10.0 Å². The van der Waals surface area contributed by atoms with Crippen LogP contribution in [0.4, 0.5) is 0 Å². The molecule has 0 atom stereocenters. The summed E-state index contributed by atoms with van der Waals surface area (Å²) in [6, 6.07) is 10.5. The summed E-state index contributed by atoms with van der Waals surface area (Å²) in [5.74, 6) is -0.105. The summed E-state index contributed by atoms with van der Waals surface area (Å²) in [5.41, 5.74) is 3.11. The van der Waals surface area contributed by atoms with Crippen LogP contribution in [0.1, 0.15) is 27.0 Å². The Morgan fingerprint density at radius 3 is 1.96 bits per heavy atom. The SMILES string of the molecule is Cc1cc(C)c(S(=O)(=O)N2CCN(C(=O)c3ccc(Cl)cc3)CC2)c(C)c1. The molecule has 144 valence electrons. The third-order valence-electron chi connectivity index (χ3n) is 4.82. The van der Waals surface area contributed by atoms with Crippen molar-refractivity contribution < 1.29 is 13.2 Å². The zero-order chi connectivity index (χ0) is 19.8. The quantitative estimate of drug-likeness (QED) is 0.784. The number of nitrogens with zero attached hydrogens (tertiary/aromatic N) is 2. The number of hydrogen-bond donors (Lipinski definition) is 0. The lowest BCUT2D eigenvalue weighted by Crippen LogP contribution is -2.50. The van der Waals surface area contributed by atoms with E-state index >= 15 is 0 Å². The first kappa shape index (κ1) is 19.9. The fourth-order valence-electron chi connectivity index (χ4n) is 3.61. The minimum absolute atomic E-state index is 0.105. The van der Waals surface area contributed by atoms with Crippen LogP contribution in [0.5, 0.6) is 0 Å². The van der Waals surface area contributed by atoms with Crippen molar-refractivity contribution in [1.29, 1.82) is 0 Å². The molecule has 0 bridgehead atoms. The maximum absolute atomic E-state index is 13.1. The molecule has 0 aliphatic carbocycles. The van der Waals surface area contributed by atoms with Crippen molar-refractivity contribution in [2.75, 3.05) is 26.2 Å². The molecule has 5 nitrogen and oxygen atoms in total. The predicted octanol–water partition coefficient (Wildman–Crippen LogP) is 3.41. The van der Waals surface area contributed by atoms with Gasteiger partial charge in [-0.2, -0.15) is 4.31 Å². The zero-order valence-electron chi connectivity index (χ0n) is 15.7. The predicted molar refractivity (Wildman–Crippen MR) is 107 cm³/mol. The Kier molecular flexibility index (Phi) is 5.60. The molecule has 1 amide bonds. The van der Waals surface area contributed by atoms with Crippen LogP contribution in [0, 0.1) is 20.8 Å². The van der Waals surface area contributed by atoms with Gasteiger partial charge in [0.1, 0.15) is 0 Å². The Bertz CT molecular complexity index is 940. The topological polar surface area (TPSA) is 57.7 Å². The van der Waals surface area contributed by atoms with E-state index in [-0.39, 0.29) is 19.0 Å². The van der Waals surface area contributed by atoms with E-state index in [9.17, 15) is 13.2 Å². The van der Waals surface area contributed by atoms with Gasteiger partial charge in [-0.3, -0.25) is 4.79 Å². The first-order valence-corrected chi connectivity index (χ1v) is 10.6. The van der Waals surface area contributed by atoms with Crippen molar-refractivity contribution in [2.24, 2.45) is 0 Å². The summed E-state index contributed by atoms with van der Waals surface area (Å²) in [6.45, 7) is 6.91. The molecule has 0 spiro atoms. The third-order valence-corrected chi connectivity index (χ3v) is 7.28. The maximum atomic E-state index is 13.1. The van der Waals surface area contributed by atoms with Gasteiger partial charge in [-0.15, -0.1) is 0 Å². The average molecular weight is 407 g/mol. The summed E-state index contributed by atoms with van der Waals surface area (Å²) in [4.78, 5) is 14.7. The summed E-state index contributed by atoms with van der Waals surface area (Å²) in [7, 11) is -3.58. The summed E-state index contributed by atoms with van der Waals surface area (Å²) >= 11 is 5.87. The van der Waals surface area contributed by atoms with Crippen molar-refractivity contribution in [3.63, 3.8) is 0 Å². The Balaban J connectivity index is 1.75. The molecular formula is C20H23ClN2O3S. The largest absolute Gasteiger partial charge is 0.336 e. The molecular weight excluding hydrogens is 384 g/mol. The van der Waals surface area contributed by atoms with E-state index in [0.717, 1.165) is 16.7 Å². The Morgan fingerprint density at radius 1 is 0.926 bits per heavy atom. The highest BCUT2D eigenvalue weighted by atomic mass is 35.5. The monoisotopic (exact) mass is 406 g/mol. The Labute approximate surface area is 165 Å². The van der Waals surface area contributed by atoms with E-state index in [0.29, 0.717) is 28.6 Å². The molecule has 1 saturated heterocycles. The van der Waals surface area contributed by atoms with Crippen molar-refractivity contribution in [1.82, 2.24) is 9.21 Å². The Morgan fingerprint density at radius 2 is 1.44 bits per heavy atom. The van der Waals surface area contributed by atoms with Gasteiger partial charge in [0, 0.05) is 36.8 Å². The van der Waals surface area contributed by atoms with E-state index < -0.39 is 10.0 Å². The number of carbonyl (C=O) groups excluding carboxylic acids is 1. The first-order chi connectivity index (χ1) is 12.7. The number of carbonyl (C=O) groups is 1. The molecule has 7 heteroatoms. The highest BCUT2D eigenvalue weighted by Gasteiger charge is 2.32. The fourth-order valence-corrected chi connectivity index (χ4v) is 5.57. The van der Waals surface area contributed by atoms with Crippen molar-refractivity contribution in [2.45, 2.75) is 25.7 Å². The van der Waals surface area contributed by atoms with Gasteiger partial charge in [-0.1, -0.05) is 29.3 Å². The number of benzene rings is 2. The second-order valence-corrected chi connectivity index (χ2v) is 9.24.